The summed E-state index contributed by atoms with van der Waals surface area (Å²) < 4.78 is 0. The molecule has 5 heteroatoms. The molecule has 3 unspecified atom stereocenters. The van der Waals surface area contributed by atoms with Gasteiger partial charge < -0.3 is 10.2 Å². The third-order valence-corrected chi connectivity index (χ3v) is 4.78. The number of piperidine rings is 1. The van der Waals surface area contributed by atoms with E-state index in [-0.39, 0.29) is 23.7 Å². The fraction of sp³-hybridized carbons (Fsp3) is 0.529. The highest BCUT2D eigenvalue weighted by atomic mass is 35.5. The Labute approximate surface area is 135 Å². The number of carbonyl (C=O) groups excluding carboxylic acids is 2. The van der Waals surface area contributed by atoms with Crippen molar-refractivity contribution < 1.29 is 9.59 Å². The second-order valence-electron chi connectivity index (χ2n) is 6.48. The highest BCUT2D eigenvalue weighted by Crippen LogP contribution is 2.41. The molecule has 1 heterocycles. The standard InChI is InChI=1S/C17H21ClN2O2/c1-11-3-2-8-20(10-11)17(22)15-9-14(15)16(21)19-13-6-4-12(18)5-7-13/h4-7,11,14-15H,2-3,8-10H2,1H3,(H,19,21). The summed E-state index contributed by atoms with van der Waals surface area (Å²) in [5.41, 5.74) is 0.721. The SMILES string of the molecule is CC1CCCN(C(=O)C2CC2C(=O)Nc2ccc(Cl)cc2)C1. The Morgan fingerprint density at radius 2 is 1.95 bits per heavy atom. The molecule has 22 heavy (non-hydrogen) atoms. The fourth-order valence-electron chi connectivity index (χ4n) is 3.15. The van der Waals surface area contributed by atoms with Crippen LogP contribution in [0.1, 0.15) is 26.2 Å². The summed E-state index contributed by atoms with van der Waals surface area (Å²) in [6.45, 7) is 3.85. The van der Waals surface area contributed by atoms with Gasteiger partial charge in [0, 0.05) is 23.8 Å². The Hall–Kier alpha value is -1.55. The van der Waals surface area contributed by atoms with Gasteiger partial charge in [0.05, 0.1) is 11.8 Å². The van der Waals surface area contributed by atoms with Crippen LogP contribution in [0.4, 0.5) is 5.69 Å². The van der Waals surface area contributed by atoms with Gasteiger partial charge in [-0.15, -0.1) is 0 Å². The minimum absolute atomic E-state index is 0.0641. The first-order valence-electron chi connectivity index (χ1n) is 7.90. The summed E-state index contributed by atoms with van der Waals surface area (Å²) >= 11 is 5.82. The molecule has 1 saturated carbocycles. The van der Waals surface area contributed by atoms with E-state index in [4.69, 9.17) is 11.6 Å². The maximum absolute atomic E-state index is 12.4. The second kappa shape index (κ2) is 6.29. The van der Waals surface area contributed by atoms with Crippen LogP contribution in [0, 0.1) is 17.8 Å². The molecule has 0 spiro atoms. The first kappa shape index (κ1) is 15.3. The maximum atomic E-state index is 12.4. The molecule has 1 aromatic rings. The molecule has 1 aliphatic heterocycles. The highest BCUT2D eigenvalue weighted by molar-refractivity contribution is 6.30. The van der Waals surface area contributed by atoms with E-state index in [2.05, 4.69) is 12.2 Å². The van der Waals surface area contributed by atoms with Crippen LogP contribution in [0.2, 0.25) is 5.02 Å². The van der Waals surface area contributed by atoms with Gasteiger partial charge in [-0.05, 0) is 49.4 Å². The number of nitrogens with zero attached hydrogens (tertiary/aromatic N) is 1. The van der Waals surface area contributed by atoms with E-state index in [1.54, 1.807) is 24.3 Å². The molecule has 2 amide bonds. The normalized spacial score (nSPS) is 27.4. The van der Waals surface area contributed by atoms with E-state index >= 15 is 0 Å². The highest BCUT2D eigenvalue weighted by Gasteiger charge is 2.49. The van der Waals surface area contributed by atoms with Crippen LogP contribution in [0.25, 0.3) is 0 Å². The number of nitrogens with one attached hydrogen (secondary N) is 1. The van der Waals surface area contributed by atoms with E-state index in [0.717, 1.165) is 25.2 Å². The molecule has 118 valence electrons. The monoisotopic (exact) mass is 320 g/mol. The lowest BCUT2D eigenvalue weighted by Gasteiger charge is -2.31. The number of rotatable bonds is 3. The lowest BCUT2D eigenvalue weighted by atomic mass is 10.00. The summed E-state index contributed by atoms with van der Waals surface area (Å²) in [4.78, 5) is 26.6. The van der Waals surface area contributed by atoms with Crippen molar-refractivity contribution in [2.75, 3.05) is 18.4 Å². The van der Waals surface area contributed by atoms with Crippen molar-refractivity contribution in [2.45, 2.75) is 26.2 Å². The Morgan fingerprint density at radius 3 is 2.64 bits per heavy atom. The van der Waals surface area contributed by atoms with Gasteiger partial charge in [0.2, 0.25) is 11.8 Å². The molecule has 3 rings (SSSR count). The average molecular weight is 321 g/mol. The lowest BCUT2D eigenvalue weighted by Crippen LogP contribution is -2.40. The van der Waals surface area contributed by atoms with Crippen molar-refractivity contribution in [3.05, 3.63) is 29.3 Å². The number of anilines is 1. The van der Waals surface area contributed by atoms with Gasteiger partial charge in [-0.1, -0.05) is 18.5 Å². The van der Waals surface area contributed by atoms with Crippen molar-refractivity contribution in [3.63, 3.8) is 0 Å². The van der Waals surface area contributed by atoms with Crippen LogP contribution in [-0.4, -0.2) is 29.8 Å². The summed E-state index contributed by atoms with van der Waals surface area (Å²) in [5, 5.41) is 3.50. The first-order valence-corrected chi connectivity index (χ1v) is 8.27. The van der Waals surface area contributed by atoms with Gasteiger partial charge in [0.25, 0.3) is 0 Å². The number of carbonyl (C=O) groups is 2. The largest absolute Gasteiger partial charge is 0.342 e. The van der Waals surface area contributed by atoms with Gasteiger partial charge in [-0.25, -0.2) is 0 Å². The summed E-state index contributed by atoms with van der Waals surface area (Å²) in [7, 11) is 0. The van der Waals surface area contributed by atoms with Crippen LogP contribution in [0.15, 0.2) is 24.3 Å². The third-order valence-electron chi connectivity index (χ3n) is 4.52. The van der Waals surface area contributed by atoms with Crippen LogP contribution in [-0.2, 0) is 9.59 Å². The lowest BCUT2D eigenvalue weighted by molar-refractivity contribution is -0.135. The molecule has 0 aromatic heterocycles. The van der Waals surface area contributed by atoms with Gasteiger partial charge >= 0.3 is 0 Å². The van der Waals surface area contributed by atoms with Crippen molar-refractivity contribution in [3.8, 4) is 0 Å². The van der Waals surface area contributed by atoms with Crippen molar-refractivity contribution >= 4 is 29.1 Å². The van der Waals surface area contributed by atoms with Crippen LogP contribution >= 0.6 is 11.6 Å². The number of hydrogen-bond donors (Lipinski definition) is 1. The van der Waals surface area contributed by atoms with E-state index in [1.807, 2.05) is 4.90 Å². The summed E-state index contributed by atoms with van der Waals surface area (Å²) in [6.07, 6.45) is 2.93. The van der Waals surface area contributed by atoms with E-state index in [0.29, 0.717) is 17.4 Å². The van der Waals surface area contributed by atoms with Crippen molar-refractivity contribution in [2.24, 2.45) is 17.8 Å². The molecular weight excluding hydrogens is 300 g/mol. The smallest absolute Gasteiger partial charge is 0.228 e. The van der Waals surface area contributed by atoms with Gasteiger partial charge in [0.1, 0.15) is 0 Å². The van der Waals surface area contributed by atoms with Crippen LogP contribution in [0.5, 0.6) is 0 Å². The topological polar surface area (TPSA) is 49.4 Å². The average Bonchev–Trinajstić information content (AvgIpc) is 3.29. The van der Waals surface area contributed by atoms with Crippen molar-refractivity contribution in [1.29, 1.82) is 0 Å². The zero-order valence-corrected chi connectivity index (χ0v) is 13.5. The van der Waals surface area contributed by atoms with Crippen LogP contribution in [0.3, 0.4) is 0 Å². The number of hydrogen-bond acceptors (Lipinski definition) is 2. The Morgan fingerprint density at radius 1 is 1.23 bits per heavy atom. The van der Waals surface area contributed by atoms with E-state index < -0.39 is 0 Å². The minimum atomic E-state index is -0.180. The molecule has 2 fully saturated rings. The summed E-state index contributed by atoms with van der Waals surface area (Å²) in [5.74, 6) is 0.351. The maximum Gasteiger partial charge on any atom is 0.228 e. The summed E-state index contributed by atoms with van der Waals surface area (Å²) in [6, 6.07) is 7.02. The molecule has 1 aromatic carbocycles. The molecule has 0 bridgehead atoms. The van der Waals surface area contributed by atoms with E-state index in [9.17, 15) is 9.59 Å². The third kappa shape index (κ3) is 3.43. The van der Waals surface area contributed by atoms with Gasteiger partial charge in [-0.3, -0.25) is 9.59 Å². The Kier molecular flexibility index (Phi) is 4.39. The predicted octanol–water partition coefficient (Wildman–Crippen LogP) is 3.17. The zero-order valence-electron chi connectivity index (χ0n) is 12.7. The molecular formula is C17H21ClN2O2. The van der Waals surface area contributed by atoms with Gasteiger partial charge in [0.15, 0.2) is 0 Å². The van der Waals surface area contributed by atoms with Gasteiger partial charge in [-0.2, -0.15) is 0 Å². The number of halogens is 1. The Balaban J connectivity index is 1.53. The molecule has 4 nitrogen and oxygen atoms in total. The second-order valence-corrected chi connectivity index (χ2v) is 6.91. The van der Waals surface area contributed by atoms with E-state index in [1.165, 1.54) is 6.42 Å². The number of amides is 2. The quantitative estimate of drug-likeness (QED) is 0.930. The van der Waals surface area contributed by atoms with Crippen molar-refractivity contribution in [1.82, 2.24) is 4.90 Å². The Bertz CT molecular complexity index is 573. The molecule has 1 N–H and O–H groups in total. The molecule has 1 aliphatic carbocycles. The molecule has 0 radical (unpaired) electrons. The minimum Gasteiger partial charge on any atom is -0.342 e. The number of benzene rings is 1. The molecule has 2 aliphatic rings. The fourth-order valence-corrected chi connectivity index (χ4v) is 3.28. The zero-order chi connectivity index (χ0) is 15.7. The predicted molar refractivity (Wildman–Crippen MR) is 86.7 cm³/mol. The molecule has 1 saturated heterocycles. The number of likely N-dealkylation sites (tertiary alicyclic amines) is 1. The molecule has 3 atom stereocenters. The van der Waals surface area contributed by atoms with Crippen LogP contribution < -0.4 is 5.32 Å². The first-order chi connectivity index (χ1) is 10.5.